The summed E-state index contributed by atoms with van der Waals surface area (Å²) in [6.07, 6.45) is 4.36. The summed E-state index contributed by atoms with van der Waals surface area (Å²) < 4.78 is 6.11. The first-order chi connectivity index (χ1) is 14.2. The van der Waals surface area contributed by atoms with Gasteiger partial charge in [0.05, 0.1) is 6.10 Å². The van der Waals surface area contributed by atoms with E-state index in [-0.39, 0.29) is 35.8 Å². The van der Waals surface area contributed by atoms with Gasteiger partial charge in [-0.05, 0) is 37.0 Å². The van der Waals surface area contributed by atoms with Gasteiger partial charge in [0.25, 0.3) is 0 Å². The summed E-state index contributed by atoms with van der Waals surface area (Å²) in [6.45, 7) is 1.27. The van der Waals surface area contributed by atoms with Gasteiger partial charge in [0.15, 0.2) is 5.96 Å². The molecule has 2 aromatic carbocycles. The van der Waals surface area contributed by atoms with Gasteiger partial charge in [0, 0.05) is 43.7 Å². The fourth-order valence-electron chi connectivity index (χ4n) is 3.74. The van der Waals surface area contributed by atoms with Crippen molar-refractivity contribution in [2.75, 3.05) is 18.9 Å². The number of carbonyl (C=O) groups excluding carboxylic acids is 1. The fourth-order valence-corrected chi connectivity index (χ4v) is 3.74. The lowest BCUT2D eigenvalue weighted by Crippen LogP contribution is -2.40. The Kier molecular flexibility index (Phi) is 7.95. The lowest BCUT2D eigenvalue weighted by Gasteiger charge is -2.28. The molecule has 1 aliphatic carbocycles. The van der Waals surface area contributed by atoms with Crippen LogP contribution in [0.4, 0.5) is 5.69 Å². The minimum atomic E-state index is 0. The largest absolute Gasteiger partial charge is 0.490 e. The quantitative estimate of drug-likeness (QED) is 0.306. The van der Waals surface area contributed by atoms with Gasteiger partial charge in [-0.25, -0.2) is 0 Å². The molecule has 6 nitrogen and oxygen atoms in total. The molecule has 0 spiro atoms. The van der Waals surface area contributed by atoms with Gasteiger partial charge in [0.2, 0.25) is 5.91 Å². The normalized spacial score (nSPS) is 18.4. The van der Waals surface area contributed by atoms with E-state index in [1.54, 1.807) is 7.05 Å². The highest BCUT2D eigenvalue weighted by atomic mass is 127. The van der Waals surface area contributed by atoms with Crippen LogP contribution in [-0.4, -0.2) is 31.6 Å². The van der Waals surface area contributed by atoms with Gasteiger partial charge in [-0.3, -0.25) is 9.79 Å². The van der Waals surface area contributed by atoms with Crippen molar-refractivity contribution in [3.63, 3.8) is 0 Å². The average molecular weight is 520 g/mol. The highest BCUT2D eigenvalue weighted by Crippen LogP contribution is 2.31. The van der Waals surface area contributed by atoms with Crippen LogP contribution < -0.4 is 20.7 Å². The van der Waals surface area contributed by atoms with Crippen LogP contribution in [0.15, 0.2) is 53.5 Å². The maximum Gasteiger partial charge on any atom is 0.225 e. The highest BCUT2D eigenvalue weighted by Gasteiger charge is 2.25. The average Bonchev–Trinajstić information content (AvgIpc) is 2.71. The van der Waals surface area contributed by atoms with Crippen molar-refractivity contribution in [1.82, 2.24) is 10.6 Å². The molecule has 7 heteroatoms. The minimum absolute atomic E-state index is 0. The Hall–Kier alpha value is -2.29. The van der Waals surface area contributed by atoms with Crippen LogP contribution in [0.3, 0.4) is 0 Å². The maximum atomic E-state index is 12.0. The third-order valence-electron chi connectivity index (χ3n) is 5.61. The smallest absolute Gasteiger partial charge is 0.225 e. The molecule has 1 fully saturated rings. The number of amides is 1. The number of guanidine groups is 1. The predicted molar refractivity (Wildman–Crippen MR) is 131 cm³/mol. The number of benzene rings is 2. The summed E-state index contributed by atoms with van der Waals surface area (Å²) >= 11 is 0. The van der Waals surface area contributed by atoms with Crippen LogP contribution >= 0.6 is 24.0 Å². The molecule has 2 aliphatic rings. The zero-order valence-corrected chi connectivity index (χ0v) is 19.5. The Morgan fingerprint density at radius 1 is 1.13 bits per heavy atom. The number of anilines is 1. The number of fused-ring (bicyclic) bond motifs is 1. The first kappa shape index (κ1) is 22.4. The van der Waals surface area contributed by atoms with E-state index in [0.717, 1.165) is 35.4 Å². The Morgan fingerprint density at radius 2 is 1.90 bits per heavy atom. The summed E-state index contributed by atoms with van der Waals surface area (Å²) in [5.74, 6) is 1.83. The van der Waals surface area contributed by atoms with Crippen LogP contribution in [0.25, 0.3) is 0 Å². The SMILES string of the molecule is CN=C(NCc1ccccc1OC1CCC1)NCC1CC(=O)Nc2ccccc21.I. The molecule has 1 atom stereocenters. The van der Waals surface area contributed by atoms with Crippen molar-refractivity contribution in [2.45, 2.75) is 44.2 Å². The summed E-state index contributed by atoms with van der Waals surface area (Å²) in [5.41, 5.74) is 3.18. The number of aliphatic imine (C=N–C) groups is 1. The third-order valence-corrected chi connectivity index (χ3v) is 5.61. The van der Waals surface area contributed by atoms with E-state index in [9.17, 15) is 4.79 Å². The monoisotopic (exact) mass is 520 g/mol. The third kappa shape index (κ3) is 5.44. The molecule has 1 saturated carbocycles. The van der Waals surface area contributed by atoms with Crippen molar-refractivity contribution < 1.29 is 9.53 Å². The topological polar surface area (TPSA) is 74.8 Å². The van der Waals surface area contributed by atoms with E-state index in [2.05, 4.69) is 33.1 Å². The Bertz CT molecular complexity index is 898. The molecule has 0 saturated heterocycles. The zero-order valence-electron chi connectivity index (χ0n) is 17.2. The molecule has 1 unspecified atom stereocenters. The van der Waals surface area contributed by atoms with Crippen LogP contribution in [0.5, 0.6) is 5.75 Å². The van der Waals surface area contributed by atoms with Gasteiger partial charge in [-0.1, -0.05) is 36.4 Å². The van der Waals surface area contributed by atoms with Crippen molar-refractivity contribution in [2.24, 2.45) is 4.99 Å². The summed E-state index contributed by atoms with van der Waals surface area (Å²) in [4.78, 5) is 16.4. The van der Waals surface area contributed by atoms with Gasteiger partial charge < -0.3 is 20.7 Å². The highest BCUT2D eigenvalue weighted by molar-refractivity contribution is 14.0. The summed E-state index contributed by atoms with van der Waals surface area (Å²) in [6, 6.07) is 16.1. The number of hydrogen-bond acceptors (Lipinski definition) is 3. The second-order valence-corrected chi connectivity index (χ2v) is 7.62. The van der Waals surface area contributed by atoms with E-state index < -0.39 is 0 Å². The van der Waals surface area contributed by atoms with Crippen LogP contribution in [0, 0.1) is 0 Å². The second kappa shape index (κ2) is 10.7. The van der Waals surface area contributed by atoms with Gasteiger partial charge in [-0.2, -0.15) is 0 Å². The number of ether oxygens (including phenoxy) is 1. The minimum Gasteiger partial charge on any atom is -0.490 e. The van der Waals surface area contributed by atoms with Gasteiger partial charge in [-0.15, -0.1) is 24.0 Å². The van der Waals surface area contributed by atoms with E-state index in [0.29, 0.717) is 31.6 Å². The van der Waals surface area contributed by atoms with E-state index in [1.165, 1.54) is 6.42 Å². The molecule has 1 aliphatic heterocycles. The number of halogens is 1. The van der Waals surface area contributed by atoms with Crippen LogP contribution in [0.1, 0.15) is 42.7 Å². The van der Waals surface area contributed by atoms with Crippen LogP contribution in [0.2, 0.25) is 0 Å². The van der Waals surface area contributed by atoms with Gasteiger partial charge >= 0.3 is 0 Å². The lowest BCUT2D eigenvalue weighted by atomic mass is 9.90. The van der Waals surface area contributed by atoms with E-state index >= 15 is 0 Å². The van der Waals surface area contributed by atoms with E-state index in [4.69, 9.17) is 4.74 Å². The Labute approximate surface area is 194 Å². The maximum absolute atomic E-state index is 12.0. The number of rotatable bonds is 6. The standard InChI is InChI=1S/C23H28N4O2.HI/c1-24-23(25-14-16-7-2-5-12-21(16)29-18-8-6-9-18)26-15-17-13-22(28)27-20-11-4-3-10-19(17)20;/h2-5,7,10-12,17-18H,6,8-9,13-15H2,1H3,(H,27,28)(H2,24,25,26);1H. The number of hydrogen-bond donors (Lipinski definition) is 3. The molecule has 0 radical (unpaired) electrons. The molecule has 0 aromatic heterocycles. The zero-order chi connectivity index (χ0) is 20.1. The molecule has 0 bridgehead atoms. The second-order valence-electron chi connectivity index (χ2n) is 7.62. The summed E-state index contributed by atoms with van der Waals surface area (Å²) in [5, 5.41) is 9.68. The Balaban J connectivity index is 0.00000256. The molecule has 1 amide bonds. The molecule has 3 N–H and O–H groups in total. The number of para-hydroxylation sites is 2. The molecule has 4 rings (SSSR count). The number of carbonyl (C=O) groups is 1. The van der Waals surface area contributed by atoms with Crippen molar-refractivity contribution >= 4 is 41.5 Å². The lowest BCUT2D eigenvalue weighted by molar-refractivity contribution is -0.116. The molecular weight excluding hydrogens is 491 g/mol. The van der Waals surface area contributed by atoms with Crippen LogP contribution in [-0.2, 0) is 11.3 Å². The fraction of sp³-hybridized carbons (Fsp3) is 0.391. The molecular formula is C23H29IN4O2. The molecule has 30 heavy (non-hydrogen) atoms. The molecule has 1 heterocycles. The predicted octanol–water partition coefficient (Wildman–Crippen LogP) is 4.03. The number of nitrogens with one attached hydrogen (secondary N) is 3. The molecule has 2 aromatic rings. The number of nitrogens with zero attached hydrogens (tertiary/aromatic N) is 1. The van der Waals surface area contributed by atoms with E-state index in [1.807, 2.05) is 36.4 Å². The van der Waals surface area contributed by atoms with Crippen molar-refractivity contribution in [3.05, 3.63) is 59.7 Å². The Morgan fingerprint density at radius 3 is 2.67 bits per heavy atom. The van der Waals surface area contributed by atoms with Gasteiger partial charge in [0.1, 0.15) is 5.75 Å². The summed E-state index contributed by atoms with van der Waals surface area (Å²) in [7, 11) is 1.76. The van der Waals surface area contributed by atoms with Crippen molar-refractivity contribution in [3.8, 4) is 5.75 Å². The first-order valence-corrected chi connectivity index (χ1v) is 10.3. The van der Waals surface area contributed by atoms with Crippen molar-refractivity contribution in [1.29, 1.82) is 0 Å². The molecule has 160 valence electrons. The first-order valence-electron chi connectivity index (χ1n) is 10.3.